The summed E-state index contributed by atoms with van der Waals surface area (Å²) in [4.78, 5) is 48.6. The summed E-state index contributed by atoms with van der Waals surface area (Å²) >= 11 is 0. The molecule has 300 valence electrons. The Morgan fingerprint density at radius 3 is 2.09 bits per heavy atom. The Labute approximate surface area is 318 Å². The molecule has 10 heteroatoms. The van der Waals surface area contributed by atoms with Gasteiger partial charge in [-0.25, -0.2) is 0 Å². The summed E-state index contributed by atoms with van der Waals surface area (Å²) in [5.74, 6) is 2.78. The van der Waals surface area contributed by atoms with Gasteiger partial charge in [-0.15, -0.1) is 0 Å². The zero-order chi connectivity index (χ0) is 38.8. The minimum absolute atomic E-state index is 0.0979. The number of hydrogen-bond donors (Lipinski definition) is 0. The highest BCUT2D eigenvalue weighted by Gasteiger charge is 2.60. The van der Waals surface area contributed by atoms with Crippen molar-refractivity contribution in [2.75, 3.05) is 6.61 Å². The predicted octanol–water partition coefficient (Wildman–Crippen LogP) is 8.13. The number of esters is 4. The van der Waals surface area contributed by atoms with E-state index in [4.69, 9.17) is 28.4 Å². The normalized spacial score (nSPS) is 39.0. The minimum Gasteiger partial charge on any atom is -0.463 e. The van der Waals surface area contributed by atoms with Crippen molar-refractivity contribution in [3.05, 3.63) is 11.6 Å². The summed E-state index contributed by atoms with van der Waals surface area (Å²) in [5.41, 5.74) is 1.95. The lowest BCUT2D eigenvalue weighted by Gasteiger charge is -2.58. The van der Waals surface area contributed by atoms with E-state index in [1.54, 1.807) is 0 Å². The van der Waals surface area contributed by atoms with Gasteiger partial charge in [0.2, 0.25) is 0 Å². The fourth-order valence-corrected chi connectivity index (χ4v) is 11.9. The van der Waals surface area contributed by atoms with Crippen LogP contribution in [0.4, 0.5) is 0 Å². The summed E-state index contributed by atoms with van der Waals surface area (Å²) < 4.78 is 35.1. The van der Waals surface area contributed by atoms with Crippen LogP contribution in [-0.2, 0) is 47.6 Å². The van der Waals surface area contributed by atoms with Crippen molar-refractivity contribution < 1.29 is 47.6 Å². The lowest BCUT2D eigenvalue weighted by atomic mass is 9.47. The van der Waals surface area contributed by atoms with E-state index in [0.717, 1.165) is 55.3 Å². The Morgan fingerprint density at radius 2 is 1.47 bits per heavy atom. The first kappa shape index (κ1) is 41.7. The van der Waals surface area contributed by atoms with Crippen molar-refractivity contribution >= 4 is 23.9 Å². The molecule has 0 aromatic heterocycles. The number of rotatable bonds is 13. The maximum absolute atomic E-state index is 12.4. The standard InChI is InChI=1S/C43H68O10/c1-11-30(24(2)3)13-12-25(4)34-16-17-35-33-15-14-31-22-32(18-20-42(31,9)36(33)19-21-43(34,35)10)52-41-40(51-29(8)47)39(50-28(7)46)38(49-27(6)45)37(53-41)23-48-26(5)44/h14,24-25,30,32-41H,11-13,15-23H2,1-10H3. The van der Waals surface area contributed by atoms with Crippen LogP contribution < -0.4 is 0 Å². The third-order valence-electron chi connectivity index (χ3n) is 14.6. The second-order valence-corrected chi connectivity index (χ2v) is 18.0. The van der Waals surface area contributed by atoms with Gasteiger partial charge in [-0.2, -0.15) is 0 Å². The Morgan fingerprint density at radius 1 is 0.811 bits per heavy atom. The number of ether oxygens (including phenoxy) is 6. The van der Waals surface area contributed by atoms with Crippen LogP contribution in [0.15, 0.2) is 11.6 Å². The van der Waals surface area contributed by atoms with E-state index in [-0.39, 0.29) is 18.1 Å². The Balaban J connectivity index is 1.31. The van der Waals surface area contributed by atoms with E-state index in [1.807, 2.05) is 0 Å². The van der Waals surface area contributed by atoms with Crippen LogP contribution in [-0.4, -0.2) is 67.3 Å². The molecule has 4 fully saturated rings. The molecule has 10 nitrogen and oxygen atoms in total. The van der Waals surface area contributed by atoms with Gasteiger partial charge in [0.25, 0.3) is 0 Å². The van der Waals surface area contributed by atoms with E-state index in [0.29, 0.717) is 17.3 Å². The van der Waals surface area contributed by atoms with Crippen LogP contribution in [0, 0.1) is 52.3 Å². The van der Waals surface area contributed by atoms with Gasteiger partial charge < -0.3 is 28.4 Å². The quantitative estimate of drug-likeness (QED) is 0.104. The van der Waals surface area contributed by atoms with Crippen molar-refractivity contribution in [2.24, 2.45) is 52.3 Å². The molecule has 1 aliphatic heterocycles. The monoisotopic (exact) mass is 744 g/mol. The van der Waals surface area contributed by atoms with Crippen molar-refractivity contribution in [3.63, 3.8) is 0 Å². The third-order valence-corrected chi connectivity index (χ3v) is 14.6. The molecule has 0 N–H and O–H groups in total. The van der Waals surface area contributed by atoms with Gasteiger partial charge in [-0.3, -0.25) is 19.2 Å². The number of fused-ring (bicyclic) bond motifs is 5. The molecule has 14 atom stereocenters. The van der Waals surface area contributed by atoms with Gasteiger partial charge >= 0.3 is 23.9 Å². The van der Waals surface area contributed by atoms with Crippen molar-refractivity contribution in [2.45, 2.75) is 177 Å². The molecule has 5 rings (SSSR count). The molecule has 14 unspecified atom stereocenters. The topological polar surface area (TPSA) is 124 Å². The smallest absolute Gasteiger partial charge is 0.303 e. The highest BCUT2D eigenvalue weighted by molar-refractivity contribution is 5.68. The molecule has 0 amide bonds. The van der Waals surface area contributed by atoms with Gasteiger partial charge in [0.15, 0.2) is 24.6 Å². The highest BCUT2D eigenvalue weighted by atomic mass is 16.7. The van der Waals surface area contributed by atoms with E-state index in [1.165, 1.54) is 78.2 Å². The predicted molar refractivity (Wildman–Crippen MR) is 199 cm³/mol. The SMILES string of the molecule is CCC(CCC(C)C1CCC2C3CC=C4CC(OC5OC(COC(C)=O)C(OC(C)=O)C(OC(C)=O)C5OC(C)=O)CCC4(C)C3CCC12C)C(C)C. The Kier molecular flexibility index (Phi) is 13.5. The largest absolute Gasteiger partial charge is 0.463 e. The maximum Gasteiger partial charge on any atom is 0.303 e. The van der Waals surface area contributed by atoms with Gasteiger partial charge in [0.05, 0.1) is 6.10 Å². The Hall–Kier alpha value is -2.46. The minimum atomic E-state index is -1.24. The first-order chi connectivity index (χ1) is 25.0. The fourth-order valence-electron chi connectivity index (χ4n) is 11.9. The van der Waals surface area contributed by atoms with Gasteiger partial charge in [0, 0.05) is 27.7 Å². The zero-order valence-electron chi connectivity index (χ0n) is 34.2. The second kappa shape index (κ2) is 17.1. The average molecular weight is 745 g/mol. The number of carbonyl (C=O) groups excluding carboxylic acids is 4. The second-order valence-electron chi connectivity index (χ2n) is 18.0. The van der Waals surface area contributed by atoms with Crippen molar-refractivity contribution in [3.8, 4) is 0 Å². The first-order valence-corrected chi connectivity index (χ1v) is 20.6. The van der Waals surface area contributed by atoms with Gasteiger partial charge in [-0.1, -0.05) is 66.0 Å². The van der Waals surface area contributed by atoms with E-state index >= 15 is 0 Å². The summed E-state index contributed by atoms with van der Waals surface area (Å²) in [5, 5.41) is 0. The molecule has 5 aliphatic rings. The van der Waals surface area contributed by atoms with Crippen LogP contribution in [0.1, 0.15) is 140 Å². The first-order valence-electron chi connectivity index (χ1n) is 20.6. The lowest BCUT2D eigenvalue weighted by Crippen LogP contribution is -2.63. The van der Waals surface area contributed by atoms with E-state index in [9.17, 15) is 19.2 Å². The maximum atomic E-state index is 12.4. The molecular formula is C43H68O10. The molecule has 0 aromatic rings. The number of allylic oxidation sites excluding steroid dienone is 1. The summed E-state index contributed by atoms with van der Waals surface area (Å²) in [7, 11) is 0. The molecule has 0 radical (unpaired) electrons. The number of hydrogen-bond acceptors (Lipinski definition) is 10. The highest BCUT2D eigenvalue weighted by Crippen LogP contribution is 2.67. The van der Waals surface area contributed by atoms with E-state index < -0.39 is 54.6 Å². The fraction of sp³-hybridized carbons (Fsp3) is 0.860. The molecule has 0 bridgehead atoms. The molecule has 53 heavy (non-hydrogen) atoms. The molecular weight excluding hydrogens is 676 g/mol. The van der Waals surface area contributed by atoms with Crippen molar-refractivity contribution in [1.82, 2.24) is 0 Å². The molecule has 0 aromatic carbocycles. The van der Waals surface area contributed by atoms with Crippen LogP contribution in [0.2, 0.25) is 0 Å². The molecule has 3 saturated carbocycles. The average Bonchev–Trinajstić information content (AvgIpc) is 3.43. The van der Waals surface area contributed by atoms with E-state index in [2.05, 4.69) is 47.6 Å². The van der Waals surface area contributed by atoms with Crippen LogP contribution in [0.25, 0.3) is 0 Å². The van der Waals surface area contributed by atoms with Crippen molar-refractivity contribution in [1.29, 1.82) is 0 Å². The molecule has 4 aliphatic carbocycles. The van der Waals surface area contributed by atoms with Crippen LogP contribution in [0.5, 0.6) is 0 Å². The van der Waals surface area contributed by atoms with Crippen LogP contribution in [0.3, 0.4) is 0 Å². The summed E-state index contributed by atoms with van der Waals surface area (Å²) in [6.07, 6.45) is 9.32. The molecule has 1 saturated heterocycles. The van der Waals surface area contributed by atoms with Gasteiger partial charge in [0.1, 0.15) is 12.7 Å². The lowest BCUT2D eigenvalue weighted by molar-refractivity contribution is -0.318. The van der Waals surface area contributed by atoms with Crippen LogP contribution >= 0.6 is 0 Å². The summed E-state index contributed by atoms with van der Waals surface area (Å²) in [6.45, 7) is 19.5. The molecule has 1 heterocycles. The zero-order valence-corrected chi connectivity index (χ0v) is 34.2. The number of carbonyl (C=O) groups is 4. The third kappa shape index (κ3) is 9.00. The van der Waals surface area contributed by atoms with Gasteiger partial charge in [-0.05, 0) is 110 Å². The molecule has 0 spiro atoms. The summed E-state index contributed by atoms with van der Waals surface area (Å²) in [6, 6.07) is 0. The Bertz CT molecular complexity index is 1360.